The topological polar surface area (TPSA) is 15.3 Å². The maximum Gasteiger partial charge on any atom is 0.0175 e. The van der Waals surface area contributed by atoms with Crippen LogP contribution in [-0.2, 0) is 0 Å². The molecule has 2 bridgehead atoms. The molecule has 0 amide bonds. The SMILES string of the molecule is CN1C2CCCC1CC(NC1CC(c3ccc(Br)cc3)C1)C2. The van der Waals surface area contributed by atoms with Gasteiger partial charge in [0.1, 0.15) is 0 Å². The molecule has 1 saturated carbocycles. The van der Waals surface area contributed by atoms with Crippen LogP contribution in [0.25, 0.3) is 0 Å². The van der Waals surface area contributed by atoms with Gasteiger partial charge in [0.05, 0.1) is 0 Å². The van der Waals surface area contributed by atoms with Gasteiger partial charge in [0.25, 0.3) is 0 Å². The number of halogens is 1. The predicted octanol–water partition coefficient (Wildman–Crippen LogP) is 4.30. The van der Waals surface area contributed by atoms with Crippen molar-refractivity contribution in [2.45, 2.75) is 75.0 Å². The molecule has 3 heteroatoms. The molecule has 2 atom stereocenters. The van der Waals surface area contributed by atoms with Gasteiger partial charge in [-0.3, -0.25) is 0 Å². The average Bonchev–Trinajstić information content (AvgIpc) is 2.44. The summed E-state index contributed by atoms with van der Waals surface area (Å²) in [4.78, 5) is 2.66. The Balaban J connectivity index is 1.28. The highest BCUT2D eigenvalue weighted by Crippen LogP contribution is 2.39. The van der Waals surface area contributed by atoms with E-state index in [9.17, 15) is 0 Å². The summed E-state index contributed by atoms with van der Waals surface area (Å²) < 4.78 is 1.18. The van der Waals surface area contributed by atoms with Gasteiger partial charge in [-0.25, -0.2) is 0 Å². The molecule has 2 unspecified atom stereocenters. The standard InChI is InChI=1S/C19H27BrN2/c1-22-18-3-2-4-19(22)12-17(11-18)21-16-9-14(10-16)13-5-7-15(20)8-6-13/h5-8,14,16-19,21H,2-4,9-12H2,1H3. The summed E-state index contributed by atoms with van der Waals surface area (Å²) in [6, 6.07) is 12.1. The highest BCUT2D eigenvalue weighted by atomic mass is 79.9. The lowest BCUT2D eigenvalue weighted by atomic mass is 9.74. The van der Waals surface area contributed by atoms with E-state index in [1.54, 1.807) is 0 Å². The predicted molar refractivity (Wildman–Crippen MR) is 95.3 cm³/mol. The number of nitrogens with one attached hydrogen (secondary N) is 1. The monoisotopic (exact) mass is 362 g/mol. The second kappa shape index (κ2) is 6.26. The van der Waals surface area contributed by atoms with Crippen molar-refractivity contribution in [2.24, 2.45) is 0 Å². The normalized spacial score (nSPS) is 38.5. The third-order valence-corrected chi connectivity index (χ3v) is 6.82. The Morgan fingerprint density at radius 3 is 2.18 bits per heavy atom. The summed E-state index contributed by atoms with van der Waals surface area (Å²) >= 11 is 3.52. The van der Waals surface area contributed by atoms with Gasteiger partial charge in [-0.1, -0.05) is 34.5 Å². The van der Waals surface area contributed by atoms with Crippen LogP contribution in [0.2, 0.25) is 0 Å². The molecular weight excluding hydrogens is 336 g/mol. The minimum absolute atomic E-state index is 0.753. The largest absolute Gasteiger partial charge is 0.311 e. The third-order valence-electron chi connectivity index (χ3n) is 6.29. The first kappa shape index (κ1) is 15.2. The van der Waals surface area contributed by atoms with E-state index in [0.717, 1.165) is 30.1 Å². The molecule has 0 radical (unpaired) electrons. The second-order valence-corrected chi connectivity index (χ2v) is 8.57. The minimum Gasteiger partial charge on any atom is -0.311 e. The van der Waals surface area contributed by atoms with E-state index in [4.69, 9.17) is 0 Å². The highest BCUT2D eigenvalue weighted by molar-refractivity contribution is 9.10. The van der Waals surface area contributed by atoms with Crippen molar-refractivity contribution >= 4 is 15.9 Å². The fraction of sp³-hybridized carbons (Fsp3) is 0.684. The Kier molecular flexibility index (Phi) is 4.31. The van der Waals surface area contributed by atoms with Gasteiger partial charge in [-0.05, 0) is 69.2 Å². The Morgan fingerprint density at radius 2 is 1.55 bits per heavy atom. The Bertz CT molecular complexity index is 495. The van der Waals surface area contributed by atoms with Gasteiger partial charge in [0.15, 0.2) is 0 Å². The van der Waals surface area contributed by atoms with Crippen molar-refractivity contribution in [2.75, 3.05) is 7.05 Å². The molecule has 1 aliphatic carbocycles. The molecule has 0 spiro atoms. The van der Waals surface area contributed by atoms with Crippen LogP contribution in [0, 0.1) is 0 Å². The van der Waals surface area contributed by atoms with Crippen molar-refractivity contribution in [1.82, 2.24) is 10.2 Å². The number of piperidine rings is 2. The van der Waals surface area contributed by atoms with Gasteiger partial charge in [0.2, 0.25) is 0 Å². The Morgan fingerprint density at radius 1 is 0.955 bits per heavy atom. The van der Waals surface area contributed by atoms with Crippen LogP contribution in [0.3, 0.4) is 0 Å². The number of nitrogens with zero attached hydrogens (tertiary/aromatic N) is 1. The molecule has 3 aliphatic rings. The zero-order chi connectivity index (χ0) is 15.1. The number of benzene rings is 1. The van der Waals surface area contributed by atoms with E-state index in [-0.39, 0.29) is 0 Å². The number of fused-ring (bicyclic) bond motifs is 2. The third kappa shape index (κ3) is 3.00. The van der Waals surface area contributed by atoms with E-state index >= 15 is 0 Å². The second-order valence-electron chi connectivity index (χ2n) is 7.66. The molecule has 2 nitrogen and oxygen atoms in total. The van der Waals surface area contributed by atoms with Gasteiger partial charge >= 0.3 is 0 Å². The number of hydrogen-bond donors (Lipinski definition) is 1. The molecule has 0 aromatic heterocycles. The van der Waals surface area contributed by atoms with Crippen molar-refractivity contribution < 1.29 is 0 Å². The highest BCUT2D eigenvalue weighted by Gasteiger charge is 2.38. The Hall–Kier alpha value is -0.380. The first-order valence-corrected chi connectivity index (χ1v) is 9.72. The molecule has 4 rings (SSSR count). The van der Waals surface area contributed by atoms with Crippen LogP contribution in [0.1, 0.15) is 56.4 Å². The van der Waals surface area contributed by atoms with Gasteiger partial charge < -0.3 is 10.2 Å². The van der Waals surface area contributed by atoms with E-state index in [0.29, 0.717) is 0 Å². The minimum atomic E-state index is 0.753. The summed E-state index contributed by atoms with van der Waals surface area (Å²) in [6.07, 6.45) is 9.65. The number of hydrogen-bond acceptors (Lipinski definition) is 2. The molecule has 1 N–H and O–H groups in total. The number of rotatable bonds is 3. The average molecular weight is 363 g/mol. The fourth-order valence-corrected chi connectivity index (χ4v) is 5.11. The molecular formula is C19H27BrN2. The Labute approximate surface area is 142 Å². The summed E-state index contributed by atoms with van der Waals surface area (Å²) in [5, 5.41) is 3.98. The van der Waals surface area contributed by atoms with Gasteiger partial charge in [-0.15, -0.1) is 0 Å². The van der Waals surface area contributed by atoms with Gasteiger partial charge in [0, 0.05) is 28.6 Å². The van der Waals surface area contributed by atoms with Crippen molar-refractivity contribution in [1.29, 1.82) is 0 Å². The lowest BCUT2D eigenvalue weighted by molar-refractivity contribution is 0.0417. The molecule has 22 heavy (non-hydrogen) atoms. The van der Waals surface area contributed by atoms with Crippen molar-refractivity contribution in [3.63, 3.8) is 0 Å². The van der Waals surface area contributed by atoms with E-state index < -0.39 is 0 Å². The lowest BCUT2D eigenvalue weighted by Gasteiger charge is -2.49. The van der Waals surface area contributed by atoms with E-state index in [2.05, 4.69) is 57.5 Å². The molecule has 2 aliphatic heterocycles. The molecule has 2 heterocycles. The van der Waals surface area contributed by atoms with Crippen LogP contribution in [0.5, 0.6) is 0 Å². The molecule has 3 fully saturated rings. The van der Waals surface area contributed by atoms with Crippen molar-refractivity contribution in [3.8, 4) is 0 Å². The van der Waals surface area contributed by atoms with E-state index in [1.165, 1.54) is 55.0 Å². The zero-order valence-corrected chi connectivity index (χ0v) is 15.1. The van der Waals surface area contributed by atoms with Crippen molar-refractivity contribution in [3.05, 3.63) is 34.3 Å². The fourth-order valence-electron chi connectivity index (χ4n) is 4.85. The molecule has 1 aromatic rings. The molecule has 120 valence electrons. The first-order chi connectivity index (χ1) is 10.7. The summed E-state index contributed by atoms with van der Waals surface area (Å²) in [7, 11) is 2.34. The van der Waals surface area contributed by atoms with Gasteiger partial charge in [-0.2, -0.15) is 0 Å². The summed E-state index contributed by atoms with van der Waals surface area (Å²) in [6.45, 7) is 0. The van der Waals surface area contributed by atoms with Crippen LogP contribution >= 0.6 is 15.9 Å². The molecule has 1 aromatic carbocycles. The maximum absolute atomic E-state index is 3.98. The van der Waals surface area contributed by atoms with E-state index in [1.807, 2.05) is 0 Å². The summed E-state index contributed by atoms with van der Waals surface area (Å²) in [5.41, 5.74) is 1.52. The lowest BCUT2D eigenvalue weighted by Crippen LogP contribution is -2.57. The van der Waals surface area contributed by atoms with Crippen LogP contribution in [0.15, 0.2) is 28.7 Å². The maximum atomic E-state index is 3.98. The van der Waals surface area contributed by atoms with Crippen LogP contribution < -0.4 is 5.32 Å². The molecule has 2 saturated heterocycles. The van der Waals surface area contributed by atoms with Crippen LogP contribution in [-0.4, -0.2) is 36.1 Å². The smallest absolute Gasteiger partial charge is 0.0175 e. The quantitative estimate of drug-likeness (QED) is 0.861. The van der Waals surface area contributed by atoms with Crippen LogP contribution in [0.4, 0.5) is 0 Å². The zero-order valence-electron chi connectivity index (χ0n) is 13.5. The first-order valence-electron chi connectivity index (χ1n) is 8.92. The summed E-state index contributed by atoms with van der Waals surface area (Å²) in [5.74, 6) is 0.774.